The van der Waals surface area contributed by atoms with E-state index in [1.54, 1.807) is 47.9 Å². The number of urea groups is 1. The van der Waals surface area contributed by atoms with Crippen LogP contribution in [0.2, 0.25) is 0 Å². The average molecular weight is 1020 g/mol. The Kier molecular flexibility index (Phi) is 26.5. The molecule has 4 rings (SSSR count). The zero-order valence-corrected chi connectivity index (χ0v) is 42.6. The van der Waals surface area contributed by atoms with Crippen LogP contribution in [-0.2, 0) is 60.8 Å². The lowest BCUT2D eigenvalue weighted by Gasteiger charge is -2.27. The molecule has 0 unspecified atom stereocenters. The van der Waals surface area contributed by atoms with Crippen LogP contribution in [0.4, 0.5) is 21.0 Å². The Morgan fingerprint density at radius 2 is 1.27 bits per heavy atom. The number of rotatable bonds is 32. The molecule has 3 aromatic carbocycles. The van der Waals surface area contributed by atoms with Gasteiger partial charge in [0.15, 0.2) is 0 Å². The Hall–Kier alpha value is -6.87. The molecule has 0 saturated heterocycles. The molecule has 20 nitrogen and oxygen atoms in total. The lowest BCUT2D eigenvalue weighted by Crippen LogP contribution is -2.54. The molecular formula is C53H74N8O12. The van der Waals surface area contributed by atoms with E-state index in [-0.39, 0.29) is 76.4 Å². The van der Waals surface area contributed by atoms with E-state index in [4.69, 9.17) is 29.4 Å². The van der Waals surface area contributed by atoms with Crippen LogP contribution in [0, 0.1) is 5.92 Å². The Morgan fingerprint density at radius 3 is 1.93 bits per heavy atom. The van der Waals surface area contributed by atoms with E-state index in [2.05, 4.69) is 32.7 Å². The standard InChI is InChI=1S/C53H74N8O12/c1-5-60(6-2)53(68)73-37-39-17-21-43(22-18-39)57-50(65)44(15-11-26-56-52(54)67)58-51(66)49(38(3)4)59-47(63)25-28-69-30-32-71-34-35-72-33-31-70-29-27-55-46(62)23-24-48(64)61-36-42-14-8-7-12-40(42)19-20-41-13-9-10-16-45(41)61/h7-10,12-14,16-22,38,44,49H,5-6,11,15,23-37H2,1-4H3,(H,55,62)(H,57,65)(H,58,66)(H,59,63)(H3,54,56,67)/b20-19-/t44-,49-/m0/s1. The van der Waals surface area contributed by atoms with Gasteiger partial charge in [-0.15, -0.1) is 0 Å². The van der Waals surface area contributed by atoms with Gasteiger partial charge in [0, 0.05) is 51.1 Å². The molecule has 0 aromatic heterocycles. The topological polar surface area (TPSA) is 258 Å². The lowest BCUT2D eigenvalue weighted by atomic mass is 10.0. The van der Waals surface area contributed by atoms with Gasteiger partial charge in [-0.05, 0) is 73.1 Å². The van der Waals surface area contributed by atoms with Crippen LogP contribution in [0.25, 0.3) is 12.2 Å². The van der Waals surface area contributed by atoms with E-state index in [9.17, 15) is 33.6 Å². The van der Waals surface area contributed by atoms with Crippen molar-refractivity contribution in [2.45, 2.75) is 85.0 Å². The number of nitrogens with zero attached hydrogens (tertiary/aromatic N) is 2. The van der Waals surface area contributed by atoms with Crippen LogP contribution in [0.1, 0.15) is 82.1 Å². The fraction of sp³-hybridized carbons (Fsp3) is 0.491. The smallest absolute Gasteiger partial charge is 0.410 e. The van der Waals surface area contributed by atoms with E-state index in [0.717, 1.165) is 27.9 Å². The molecule has 20 heteroatoms. The highest BCUT2D eigenvalue weighted by Crippen LogP contribution is 2.29. The van der Waals surface area contributed by atoms with Gasteiger partial charge in [-0.2, -0.15) is 0 Å². The summed E-state index contributed by atoms with van der Waals surface area (Å²) in [6.07, 6.45) is 4.25. The van der Waals surface area contributed by atoms with Crippen LogP contribution in [0.5, 0.6) is 0 Å². The zero-order valence-electron chi connectivity index (χ0n) is 42.6. The van der Waals surface area contributed by atoms with Gasteiger partial charge >= 0.3 is 12.1 Å². The van der Waals surface area contributed by atoms with E-state index in [0.29, 0.717) is 71.3 Å². The molecule has 2 atom stereocenters. The fourth-order valence-electron chi connectivity index (χ4n) is 7.47. The zero-order chi connectivity index (χ0) is 52.8. The highest BCUT2D eigenvalue weighted by Gasteiger charge is 2.29. The second kappa shape index (κ2) is 33.0. The van der Waals surface area contributed by atoms with Crippen molar-refractivity contribution in [1.82, 2.24) is 26.2 Å². The predicted octanol–water partition coefficient (Wildman–Crippen LogP) is 4.75. The summed E-state index contributed by atoms with van der Waals surface area (Å²) in [7, 11) is 0. The van der Waals surface area contributed by atoms with Crippen LogP contribution < -0.4 is 37.2 Å². The minimum Gasteiger partial charge on any atom is -0.445 e. The molecule has 73 heavy (non-hydrogen) atoms. The molecular weight excluding hydrogens is 941 g/mol. The monoisotopic (exact) mass is 1010 g/mol. The van der Waals surface area contributed by atoms with Gasteiger partial charge in [-0.1, -0.05) is 80.6 Å². The maximum Gasteiger partial charge on any atom is 0.410 e. The summed E-state index contributed by atoms with van der Waals surface area (Å²) < 4.78 is 27.6. The quantitative estimate of drug-likeness (QED) is 0.0464. The number of primary amides is 1. The second-order valence-corrected chi connectivity index (χ2v) is 17.3. The first-order valence-corrected chi connectivity index (χ1v) is 25.0. The molecule has 0 radical (unpaired) electrons. The minimum absolute atomic E-state index is 0.0154. The second-order valence-electron chi connectivity index (χ2n) is 17.3. The minimum atomic E-state index is -1.02. The van der Waals surface area contributed by atoms with Crippen molar-refractivity contribution in [3.63, 3.8) is 0 Å². The number of benzene rings is 3. The largest absolute Gasteiger partial charge is 0.445 e. The first-order chi connectivity index (χ1) is 35.3. The molecule has 398 valence electrons. The molecule has 8 amide bonds. The number of anilines is 2. The molecule has 1 aliphatic heterocycles. The number of ether oxygens (including phenoxy) is 5. The predicted molar refractivity (Wildman–Crippen MR) is 277 cm³/mol. The number of para-hydroxylation sites is 1. The van der Waals surface area contributed by atoms with Gasteiger partial charge in [-0.25, -0.2) is 9.59 Å². The molecule has 0 spiro atoms. The Morgan fingerprint density at radius 1 is 0.658 bits per heavy atom. The highest BCUT2D eigenvalue weighted by molar-refractivity contribution is 5.99. The maximum absolute atomic E-state index is 13.5. The number of nitrogens with one attached hydrogen (secondary N) is 5. The number of fused-ring (bicyclic) bond motifs is 2. The summed E-state index contributed by atoms with van der Waals surface area (Å²) in [6, 6.07) is 19.7. The third kappa shape index (κ3) is 21.8. The number of amides is 8. The van der Waals surface area contributed by atoms with E-state index in [1.807, 2.05) is 68.5 Å². The molecule has 1 heterocycles. The first kappa shape index (κ1) is 58.7. The van der Waals surface area contributed by atoms with Crippen molar-refractivity contribution < 1.29 is 57.2 Å². The van der Waals surface area contributed by atoms with Gasteiger partial charge in [-0.3, -0.25) is 24.0 Å². The summed E-state index contributed by atoms with van der Waals surface area (Å²) in [6.45, 7) is 11.5. The van der Waals surface area contributed by atoms with Crippen LogP contribution >= 0.6 is 0 Å². The summed E-state index contributed by atoms with van der Waals surface area (Å²) in [4.78, 5) is 92.5. The summed E-state index contributed by atoms with van der Waals surface area (Å²) in [5, 5.41) is 13.6. The van der Waals surface area contributed by atoms with Crippen molar-refractivity contribution in [2.24, 2.45) is 11.7 Å². The SMILES string of the molecule is CCN(CC)C(=O)OCc1ccc(NC(=O)[C@H](CCCNC(N)=O)NC(=O)[C@@H](NC(=O)CCOCCOCCOCCOCCNC(=O)CCC(=O)N2Cc3ccccc3/C=C\c3ccccc32)C(C)C)cc1. The third-order valence-electron chi connectivity index (χ3n) is 11.6. The van der Waals surface area contributed by atoms with Crippen LogP contribution in [0.15, 0.2) is 72.8 Å². The molecule has 0 bridgehead atoms. The molecule has 0 saturated carbocycles. The lowest BCUT2D eigenvalue weighted by molar-refractivity contribution is -0.132. The van der Waals surface area contributed by atoms with Gasteiger partial charge in [0.1, 0.15) is 18.7 Å². The van der Waals surface area contributed by atoms with Crippen molar-refractivity contribution in [3.8, 4) is 0 Å². The van der Waals surface area contributed by atoms with Crippen LogP contribution in [-0.4, -0.2) is 138 Å². The first-order valence-electron chi connectivity index (χ1n) is 25.0. The Balaban J connectivity index is 1.04. The molecule has 0 fully saturated rings. The normalized spacial score (nSPS) is 13.0. The average Bonchev–Trinajstić information content (AvgIpc) is 3.37. The third-order valence-corrected chi connectivity index (χ3v) is 11.6. The van der Waals surface area contributed by atoms with Crippen molar-refractivity contribution >= 4 is 65.2 Å². The highest BCUT2D eigenvalue weighted by atomic mass is 16.6. The Labute approximate surface area is 428 Å². The number of hydrogen-bond donors (Lipinski definition) is 6. The van der Waals surface area contributed by atoms with Crippen molar-refractivity contribution in [2.75, 3.05) is 89.3 Å². The summed E-state index contributed by atoms with van der Waals surface area (Å²) in [5.41, 5.74) is 10.2. The molecule has 0 aliphatic carbocycles. The van der Waals surface area contributed by atoms with E-state index in [1.165, 1.54) is 0 Å². The summed E-state index contributed by atoms with van der Waals surface area (Å²) >= 11 is 0. The fourth-order valence-corrected chi connectivity index (χ4v) is 7.47. The van der Waals surface area contributed by atoms with Crippen molar-refractivity contribution in [1.29, 1.82) is 0 Å². The molecule has 7 N–H and O–H groups in total. The molecule has 1 aliphatic rings. The van der Waals surface area contributed by atoms with Gasteiger partial charge in [0.25, 0.3) is 0 Å². The Bertz CT molecular complexity index is 2260. The van der Waals surface area contributed by atoms with Crippen molar-refractivity contribution in [3.05, 3.63) is 95.1 Å². The van der Waals surface area contributed by atoms with Crippen LogP contribution in [0.3, 0.4) is 0 Å². The molecule has 3 aromatic rings. The number of hydrogen-bond acceptors (Lipinski definition) is 12. The van der Waals surface area contributed by atoms with E-state index < -0.39 is 41.9 Å². The van der Waals surface area contributed by atoms with Gasteiger partial charge in [0.05, 0.1) is 65.1 Å². The number of carbonyl (C=O) groups is 7. The van der Waals surface area contributed by atoms with Gasteiger partial charge < -0.3 is 65.8 Å². The van der Waals surface area contributed by atoms with E-state index >= 15 is 0 Å². The van der Waals surface area contributed by atoms with Gasteiger partial charge in [0.2, 0.25) is 29.5 Å². The maximum atomic E-state index is 13.5. The summed E-state index contributed by atoms with van der Waals surface area (Å²) in [5.74, 6) is -2.15. The number of carbonyl (C=O) groups excluding carboxylic acids is 7. The number of nitrogens with two attached hydrogens (primary N) is 1.